The summed E-state index contributed by atoms with van der Waals surface area (Å²) in [4.78, 5) is 14.0. The molecule has 3 rings (SSSR count). The lowest BCUT2D eigenvalue weighted by atomic mass is 10.2. The highest BCUT2D eigenvalue weighted by molar-refractivity contribution is 8.00. The molecule has 1 amide bonds. The second-order valence-electron chi connectivity index (χ2n) is 4.93. The van der Waals surface area contributed by atoms with Crippen LogP contribution in [-0.4, -0.2) is 30.2 Å². The molecule has 1 aliphatic heterocycles. The molecule has 0 bridgehead atoms. The molecule has 1 aromatic carbocycles. The lowest BCUT2D eigenvalue weighted by Crippen LogP contribution is -2.30. The zero-order valence-electron chi connectivity index (χ0n) is 10.5. The number of hydrogen-bond acceptors (Lipinski definition) is 3. The van der Waals surface area contributed by atoms with Gasteiger partial charge in [0.05, 0.1) is 12.9 Å². The summed E-state index contributed by atoms with van der Waals surface area (Å²) in [5.74, 6) is 2.48. The van der Waals surface area contributed by atoms with Crippen molar-refractivity contribution in [2.45, 2.75) is 18.2 Å². The van der Waals surface area contributed by atoms with E-state index in [1.54, 1.807) is 18.9 Å². The van der Waals surface area contributed by atoms with Crippen LogP contribution >= 0.6 is 11.8 Å². The zero-order chi connectivity index (χ0) is 12.5. The maximum atomic E-state index is 11.9. The minimum atomic E-state index is 0.174. The Morgan fingerprint density at radius 3 is 3.00 bits per heavy atom. The minimum absolute atomic E-state index is 0.174. The molecular weight excluding hydrogens is 246 g/mol. The number of carbonyl (C=O) groups excluding carboxylic acids is 1. The third-order valence-corrected chi connectivity index (χ3v) is 4.75. The summed E-state index contributed by atoms with van der Waals surface area (Å²) in [5, 5.41) is 0.174. The first kappa shape index (κ1) is 11.9. The quantitative estimate of drug-likeness (QED) is 0.836. The molecule has 1 saturated carbocycles. The Hall–Kier alpha value is -1.16. The number of methoxy groups -OCH3 is 1. The Kier molecular flexibility index (Phi) is 3.20. The molecule has 2 fully saturated rings. The maximum Gasteiger partial charge on any atom is 0.233 e. The van der Waals surface area contributed by atoms with Gasteiger partial charge in [0.15, 0.2) is 0 Å². The van der Waals surface area contributed by atoms with Crippen LogP contribution in [0.2, 0.25) is 0 Å². The molecule has 18 heavy (non-hydrogen) atoms. The monoisotopic (exact) mass is 263 g/mol. The van der Waals surface area contributed by atoms with Crippen molar-refractivity contribution in [2.24, 2.45) is 5.92 Å². The fourth-order valence-electron chi connectivity index (χ4n) is 2.30. The van der Waals surface area contributed by atoms with Crippen LogP contribution in [0.3, 0.4) is 0 Å². The molecule has 1 atom stereocenters. The predicted octanol–water partition coefficient (Wildman–Crippen LogP) is 2.68. The number of thioether (sulfide) groups is 1. The Labute approximate surface area is 111 Å². The molecule has 96 valence electrons. The van der Waals surface area contributed by atoms with E-state index in [1.165, 1.54) is 18.4 Å². The van der Waals surface area contributed by atoms with Gasteiger partial charge in [-0.15, -0.1) is 11.8 Å². The van der Waals surface area contributed by atoms with Crippen LogP contribution < -0.4 is 4.74 Å². The Morgan fingerprint density at radius 1 is 1.44 bits per heavy atom. The molecule has 0 N–H and O–H groups in total. The topological polar surface area (TPSA) is 29.5 Å². The fourth-order valence-corrected chi connectivity index (χ4v) is 3.49. The van der Waals surface area contributed by atoms with Crippen molar-refractivity contribution in [1.82, 2.24) is 4.90 Å². The van der Waals surface area contributed by atoms with Crippen LogP contribution in [0.4, 0.5) is 0 Å². The van der Waals surface area contributed by atoms with Crippen molar-refractivity contribution in [3.63, 3.8) is 0 Å². The van der Waals surface area contributed by atoms with Gasteiger partial charge in [-0.3, -0.25) is 4.79 Å². The second-order valence-corrected chi connectivity index (χ2v) is 6.00. The molecule has 1 saturated heterocycles. The molecule has 0 radical (unpaired) electrons. The van der Waals surface area contributed by atoms with Crippen LogP contribution in [0.1, 0.15) is 23.8 Å². The number of nitrogens with zero attached hydrogens (tertiary/aromatic N) is 1. The van der Waals surface area contributed by atoms with E-state index in [0.29, 0.717) is 5.75 Å². The second kappa shape index (κ2) is 4.84. The van der Waals surface area contributed by atoms with Gasteiger partial charge in [0.1, 0.15) is 11.1 Å². The van der Waals surface area contributed by atoms with Crippen LogP contribution in [0, 0.1) is 5.92 Å². The third-order valence-electron chi connectivity index (χ3n) is 3.50. The van der Waals surface area contributed by atoms with Crippen molar-refractivity contribution in [3.8, 4) is 5.75 Å². The van der Waals surface area contributed by atoms with Gasteiger partial charge in [0, 0.05) is 6.54 Å². The van der Waals surface area contributed by atoms with Gasteiger partial charge >= 0.3 is 0 Å². The number of carbonyl (C=O) groups is 1. The highest BCUT2D eigenvalue weighted by atomic mass is 32.2. The lowest BCUT2D eigenvalue weighted by molar-refractivity contribution is -0.128. The van der Waals surface area contributed by atoms with E-state index in [-0.39, 0.29) is 11.3 Å². The predicted molar refractivity (Wildman–Crippen MR) is 72.6 cm³/mol. The number of rotatable bonds is 4. The van der Waals surface area contributed by atoms with Crippen molar-refractivity contribution in [3.05, 3.63) is 29.8 Å². The summed E-state index contributed by atoms with van der Waals surface area (Å²) >= 11 is 1.72. The van der Waals surface area contributed by atoms with Gasteiger partial charge in [-0.2, -0.15) is 0 Å². The number of hydrogen-bond donors (Lipinski definition) is 0. The number of amides is 1. The summed E-state index contributed by atoms with van der Waals surface area (Å²) < 4.78 is 5.26. The van der Waals surface area contributed by atoms with Gasteiger partial charge in [0.25, 0.3) is 0 Å². The van der Waals surface area contributed by atoms with Crippen LogP contribution in [0.15, 0.2) is 24.3 Å². The molecule has 1 aromatic rings. The minimum Gasteiger partial charge on any atom is -0.497 e. The van der Waals surface area contributed by atoms with Crippen molar-refractivity contribution in [2.75, 3.05) is 19.4 Å². The van der Waals surface area contributed by atoms with Crippen molar-refractivity contribution in [1.29, 1.82) is 0 Å². The van der Waals surface area contributed by atoms with Crippen molar-refractivity contribution >= 4 is 17.7 Å². The zero-order valence-corrected chi connectivity index (χ0v) is 11.3. The molecule has 3 nitrogen and oxygen atoms in total. The average Bonchev–Trinajstić information content (AvgIpc) is 3.14. The van der Waals surface area contributed by atoms with E-state index in [9.17, 15) is 4.79 Å². The molecule has 4 heteroatoms. The molecule has 2 aliphatic rings. The van der Waals surface area contributed by atoms with E-state index in [0.717, 1.165) is 18.2 Å². The van der Waals surface area contributed by atoms with Gasteiger partial charge in [-0.25, -0.2) is 0 Å². The highest BCUT2D eigenvalue weighted by Crippen LogP contribution is 2.42. The van der Waals surface area contributed by atoms with E-state index in [4.69, 9.17) is 4.74 Å². The normalized spacial score (nSPS) is 23.5. The van der Waals surface area contributed by atoms with Gasteiger partial charge in [-0.1, -0.05) is 12.1 Å². The van der Waals surface area contributed by atoms with Gasteiger partial charge in [-0.05, 0) is 36.5 Å². The smallest absolute Gasteiger partial charge is 0.233 e. The lowest BCUT2D eigenvalue weighted by Gasteiger charge is -2.24. The third kappa shape index (κ3) is 2.34. The molecule has 0 spiro atoms. The molecule has 1 unspecified atom stereocenters. The summed E-state index contributed by atoms with van der Waals surface area (Å²) in [6.45, 7) is 0.924. The van der Waals surface area contributed by atoms with Crippen LogP contribution in [-0.2, 0) is 4.79 Å². The maximum absolute atomic E-state index is 11.9. The van der Waals surface area contributed by atoms with Crippen LogP contribution in [0.25, 0.3) is 0 Å². The highest BCUT2D eigenvalue weighted by Gasteiger charge is 2.36. The van der Waals surface area contributed by atoms with Crippen LogP contribution in [0.5, 0.6) is 5.75 Å². The van der Waals surface area contributed by atoms with E-state index >= 15 is 0 Å². The van der Waals surface area contributed by atoms with E-state index in [1.807, 2.05) is 23.1 Å². The summed E-state index contributed by atoms with van der Waals surface area (Å²) in [6, 6.07) is 8.05. The van der Waals surface area contributed by atoms with Gasteiger partial charge < -0.3 is 9.64 Å². The molecular formula is C14H17NO2S. The molecule has 1 heterocycles. The first-order valence-corrected chi connectivity index (χ1v) is 7.38. The SMILES string of the molecule is COc1cccc(C2SCC(=O)N2CC2CC2)c1. The standard InChI is InChI=1S/C14H17NO2S/c1-17-12-4-2-3-11(7-12)14-15(8-10-5-6-10)13(16)9-18-14/h2-4,7,10,14H,5-6,8-9H2,1H3. The summed E-state index contributed by atoms with van der Waals surface area (Å²) in [6.07, 6.45) is 2.55. The largest absolute Gasteiger partial charge is 0.497 e. The molecule has 0 aromatic heterocycles. The Balaban J connectivity index is 1.81. The number of ether oxygens (including phenoxy) is 1. The van der Waals surface area contributed by atoms with E-state index in [2.05, 4.69) is 6.07 Å². The van der Waals surface area contributed by atoms with Gasteiger partial charge in [0.2, 0.25) is 5.91 Å². The van der Waals surface area contributed by atoms with Crippen molar-refractivity contribution < 1.29 is 9.53 Å². The Morgan fingerprint density at radius 2 is 2.28 bits per heavy atom. The fraction of sp³-hybridized carbons (Fsp3) is 0.500. The molecule has 1 aliphatic carbocycles. The van der Waals surface area contributed by atoms with E-state index < -0.39 is 0 Å². The Bertz CT molecular complexity index is 459. The number of benzene rings is 1. The average molecular weight is 263 g/mol. The summed E-state index contributed by atoms with van der Waals surface area (Å²) in [7, 11) is 1.67. The first-order valence-electron chi connectivity index (χ1n) is 6.33. The first-order chi connectivity index (χ1) is 8.78. The summed E-state index contributed by atoms with van der Waals surface area (Å²) in [5.41, 5.74) is 1.17.